The fourth-order valence-corrected chi connectivity index (χ4v) is 2.77. The van der Waals surface area contributed by atoms with E-state index < -0.39 is 0 Å². The zero-order valence-corrected chi connectivity index (χ0v) is 11.7. The van der Waals surface area contributed by atoms with Gasteiger partial charge in [0.25, 0.3) is 0 Å². The molecule has 1 aliphatic heterocycles. The summed E-state index contributed by atoms with van der Waals surface area (Å²) < 4.78 is 13.5. The Bertz CT molecular complexity index is 684. The minimum Gasteiger partial charge on any atom is -0.326 e. The molecule has 108 valence electrons. The molecule has 3 nitrogen and oxygen atoms in total. The number of hydrogen-bond acceptors (Lipinski definition) is 2. The maximum absolute atomic E-state index is 13.5. The van der Waals surface area contributed by atoms with E-state index in [-0.39, 0.29) is 11.7 Å². The van der Waals surface area contributed by atoms with E-state index in [2.05, 4.69) is 0 Å². The van der Waals surface area contributed by atoms with E-state index >= 15 is 0 Å². The van der Waals surface area contributed by atoms with E-state index in [0.29, 0.717) is 31.6 Å². The summed E-state index contributed by atoms with van der Waals surface area (Å²) in [5, 5.41) is 0. The summed E-state index contributed by atoms with van der Waals surface area (Å²) >= 11 is 0. The minimum absolute atomic E-state index is 0.0277. The molecule has 0 aromatic heterocycles. The molecule has 0 fully saturated rings. The Kier molecular flexibility index (Phi) is 3.71. The van der Waals surface area contributed by atoms with Crippen LogP contribution >= 0.6 is 0 Å². The van der Waals surface area contributed by atoms with Crippen molar-refractivity contribution in [1.29, 1.82) is 0 Å². The van der Waals surface area contributed by atoms with Gasteiger partial charge in [-0.2, -0.15) is 0 Å². The topological polar surface area (TPSA) is 46.3 Å². The van der Waals surface area contributed by atoms with Crippen molar-refractivity contribution in [1.82, 2.24) is 0 Å². The van der Waals surface area contributed by atoms with Gasteiger partial charge < -0.3 is 10.6 Å². The number of rotatable bonds is 3. The SMILES string of the molecule is NCc1ccccc1CN1C(=O)CCc2ccc(F)cc21. The van der Waals surface area contributed by atoms with E-state index in [0.717, 1.165) is 16.7 Å². The minimum atomic E-state index is -0.319. The largest absolute Gasteiger partial charge is 0.326 e. The number of aryl methyl sites for hydroxylation is 1. The van der Waals surface area contributed by atoms with Crippen LogP contribution in [0.5, 0.6) is 0 Å². The van der Waals surface area contributed by atoms with Crippen molar-refractivity contribution in [2.45, 2.75) is 25.9 Å². The van der Waals surface area contributed by atoms with Crippen molar-refractivity contribution in [3.63, 3.8) is 0 Å². The Hall–Kier alpha value is -2.20. The van der Waals surface area contributed by atoms with Crippen molar-refractivity contribution in [2.75, 3.05) is 4.90 Å². The monoisotopic (exact) mass is 284 g/mol. The van der Waals surface area contributed by atoms with Gasteiger partial charge in [0.1, 0.15) is 5.82 Å². The Morgan fingerprint density at radius 2 is 1.86 bits per heavy atom. The fraction of sp³-hybridized carbons (Fsp3) is 0.235. The summed E-state index contributed by atoms with van der Waals surface area (Å²) in [6, 6.07) is 12.4. The van der Waals surface area contributed by atoms with Gasteiger partial charge in [0.05, 0.1) is 12.2 Å². The molecule has 4 heteroatoms. The average Bonchev–Trinajstić information content (AvgIpc) is 2.50. The second-order valence-electron chi connectivity index (χ2n) is 5.23. The Morgan fingerprint density at radius 3 is 2.62 bits per heavy atom. The smallest absolute Gasteiger partial charge is 0.227 e. The number of fused-ring (bicyclic) bond motifs is 1. The van der Waals surface area contributed by atoms with E-state index in [1.54, 1.807) is 11.0 Å². The molecule has 0 atom stereocenters. The average molecular weight is 284 g/mol. The van der Waals surface area contributed by atoms with Crippen LogP contribution in [0, 0.1) is 5.82 Å². The molecule has 21 heavy (non-hydrogen) atoms. The van der Waals surface area contributed by atoms with Gasteiger partial charge in [0, 0.05) is 13.0 Å². The maximum atomic E-state index is 13.5. The molecule has 0 radical (unpaired) electrons. The summed E-state index contributed by atoms with van der Waals surface area (Å²) in [5.74, 6) is -0.291. The third-order valence-corrected chi connectivity index (χ3v) is 3.91. The predicted molar refractivity (Wildman–Crippen MR) is 80.2 cm³/mol. The van der Waals surface area contributed by atoms with Gasteiger partial charge in [-0.05, 0) is 35.2 Å². The zero-order chi connectivity index (χ0) is 14.8. The number of carbonyl (C=O) groups excluding carboxylic acids is 1. The van der Waals surface area contributed by atoms with E-state index in [1.165, 1.54) is 12.1 Å². The van der Waals surface area contributed by atoms with Gasteiger partial charge in [-0.15, -0.1) is 0 Å². The van der Waals surface area contributed by atoms with Crippen LogP contribution in [0.25, 0.3) is 0 Å². The quantitative estimate of drug-likeness (QED) is 0.942. The highest BCUT2D eigenvalue weighted by atomic mass is 19.1. The first kappa shape index (κ1) is 13.8. The lowest BCUT2D eigenvalue weighted by atomic mass is 9.99. The molecular weight excluding hydrogens is 267 g/mol. The molecule has 0 spiro atoms. The third kappa shape index (κ3) is 2.67. The van der Waals surface area contributed by atoms with Gasteiger partial charge in [-0.3, -0.25) is 4.79 Å². The number of halogens is 1. The lowest BCUT2D eigenvalue weighted by molar-refractivity contribution is -0.119. The first-order valence-corrected chi connectivity index (χ1v) is 7.04. The summed E-state index contributed by atoms with van der Waals surface area (Å²) in [6.45, 7) is 0.858. The Balaban J connectivity index is 1.98. The van der Waals surface area contributed by atoms with Crippen LogP contribution < -0.4 is 10.6 Å². The van der Waals surface area contributed by atoms with Crippen molar-refractivity contribution in [3.8, 4) is 0 Å². The third-order valence-electron chi connectivity index (χ3n) is 3.91. The van der Waals surface area contributed by atoms with Gasteiger partial charge in [-0.25, -0.2) is 4.39 Å². The Labute approximate surface area is 123 Å². The first-order chi connectivity index (χ1) is 10.2. The molecule has 0 saturated carbocycles. The number of anilines is 1. The summed E-state index contributed by atoms with van der Waals surface area (Å²) in [4.78, 5) is 13.9. The van der Waals surface area contributed by atoms with Gasteiger partial charge in [0.2, 0.25) is 5.91 Å². The first-order valence-electron chi connectivity index (χ1n) is 7.04. The fourth-order valence-electron chi connectivity index (χ4n) is 2.77. The van der Waals surface area contributed by atoms with Crippen LogP contribution in [-0.4, -0.2) is 5.91 Å². The van der Waals surface area contributed by atoms with Crippen LogP contribution in [0.4, 0.5) is 10.1 Å². The lowest BCUT2D eigenvalue weighted by Gasteiger charge is -2.30. The number of hydrogen-bond donors (Lipinski definition) is 1. The van der Waals surface area contributed by atoms with Crippen molar-refractivity contribution in [2.24, 2.45) is 5.73 Å². The van der Waals surface area contributed by atoms with Gasteiger partial charge in [0.15, 0.2) is 0 Å². The van der Waals surface area contributed by atoms with Crippen molar-refractivity contribution >= 4 is 11.6 Å². The highest BCUT2D eigenvalue weighted by molar-refractivity contribution is 5.96. The lowest BCUT2D eigenvalue weighted by Crippen LogP contribution is -2.35. The molecule has 0 aliphatic carbocycles. The molecular formula is C17H17FN2O. The second kappa shape index (κ2) is 5.66. The molecule has 0 bridgehead atoms. The second-order valence-corrected chi connectivity index (χ2v) is 5.23. The number of carbonyl (C=O) groups is 1. The van der Waals surface area contributed by atoms with Crippen molar-refractivity contribution in [3.05, 3.63) is 65.0 Å². The van der Waals surface area contributed by atoms with Crippen molar-refractivity contribution < 1.29 is 9.18 Å². The predicted octanol–water partition coefficient (Wildman–Crippen LogP) is 2.76. The number of nitrogens with zero attached hydrogens (tertiary/aromatic N) is 1. The van der Waals surface area contributed by atoms with Crippen LogP contribution in [-0.2, 0) is 24.3 Å². The summed E-state index contributed by atoms with van der Waals surface area (Å²) in [6.07, 6.45) is 1.13. The molecule has 2 N–H and O–H groups in total. The standard InChI is InChI=1S/C17H17FN2O/c18-15-7-5-12-6-8-17(21)20(16(12)9-15)11-14-4-2-1-3-13(14)10-19/h1-5,7,9H,6,8,10-11,19H2. The molecule has 1 heterocycles. The molecule has 3 rings (SSSR count). The van der Waals surface area contributed by atoms with Crippen LogP contribution in [0.1, 0.15) is 23.1 Å². The summed E-state index contributed by atoms with van der Waals surface area (Å²) in [7, 11) is 0. The normalized spacial score (nSPS) is 14.2. The molecule has 1 aliphatic rings. The molecule has 2 aromatic carbocycles. The number of amides is 1. The van der Waals surface area contributed by atoms with Gasteiger partial charge in [-0.1, -0.05) is 30.3 Å². The number of nitrogens with two attached hydrogens (primary N) is 1. The van der Waals surface area contributed by atoms with E-state index in [4.69, 9.17) is 5.73 Å². The van der Waals surface area contributed by atoms with Gasteiger partial charge >= 0.3 is 0 Å². The maximum Gasteiger partial charge on any atom is 0.227 e. The molecule has 0 saturated heterocycles. The zero-order valence-electron chi connectivity index (χ0n) is 11.7. The number of benzene rings is 2. The van der Waals surface area contributed by atoms with E-state index in [9.17, 15) is 9.18 Å². The molecule has 1 amide bonds. The van der Waals surface area contributed by atoms with Crippen LogP contribution in [0.15, 0.2) is 42.5 Å². The summed E-state index contributed by atoms with van der Waals surface area (Å²) in [5.41, 5.74) is 9.45. The molecule has 0 unspecified atom stereocenters. The van der Waals surface area contributed by atoms with Crippen LogP contribution in [0.3, 0.4) is 0 Å². The Morgan fingerprint density at radius 1 is 1.10 bits per heavy atom. The highest BCUT2D eigenvalue weighted by Crippen LogP contribution is 2.30. The highest BCUT2D eigenvalue weighted by Gasteiger charge is 2.25. The molecule has 2 aromatic rings. The van der Waals surface area contributed by atoms with Crippen LogP contribution in [0.2, 0.25) is 0 Å². The van der Waals surface area contributed by atoms with E-state index in [1.807, 2.05) is 24.3 Å².